The highest BCUT2D eigenvalue weighted by Gasteiger charge is 2.38. The molecule has 1 N–H and O–H groups in total. The van der Waals surface area contributed by atoms with Crippen LogP contribution in [0.2, 0.25) is 0 Å². The zero-order valence-corrected chi connectivity index (χ0v) is 12.2. The second-order valence-corrected chi connectivity index (χ2v) is 5.69. The lowest BCUT2D eigenvalue weighted by Gasteiger charge is -2.37. The van der Waals surface area contributed by atoms with Crippen LogP contribution in [0.5, 0.6) is 0 Å². The SMILES string of the molecule is CSc1ccccc1N1C(=O)CNC(=O)C1C(C)C. The Bertz CT molecular complexity index is 502. The first-order valence-electron chi connectivity index (χ1n) is 6.29. The summed E-state index contributed by atoms with van der Waals surface area (Å²) in [7, 11) is 0. The maximum atomic E-state index is 12.2. The summed E-state index contributed by atoms with van der Waals surface area (Å²) in [6, 6.07) is 7.27. The molecular formula is C14H18N2O2S. The first-order valence-corrected chi connectivity index (χ1v) is 7.51. The molecule has 0 aromatic heterocycles. The standard InChI is InChI=1S/C14H18N2O2S/c1-9(2)13-14(18)15-8-12(17)16(13)10-6-4-5-7-11(10)19-3/h4-7,9,13H,8H2,1-3H3,(H,15,18). The Hall–Kier alpha value is -1.49. The minimum atomic E-state index is -0.436. The Labute approximate surface area is 117 Å². The average molecular weight is 278 g/mol. The third-order valence-corrected chi connectivity index (χ3v) is 3.99. The van der Waals surface area contributed by atoms with Crippen LogP contribution in [0.4, 0.5) is 5.69 Å². The number of thioether (sulfide) groups is 1. The number of nitrogens with one attached hydrogen (secondary N) is 1. The third-order valence-electron chi connectivity index (χ3n) is 3.21. The predicted octanol–water partition coefficient (Wildman–Crippen LogP) is 1.90. The third kappa shape index (κ3) is 2.61. The monoisotopic (exact) mass is 278 g/mol. The molecule has 2 amide bonds. The van der Waals surface area contributed by atoms with E-state index in [1.807, 2.05) is 44.4 Å². The van der Waals surface area contributed by atoms with Gasteiger partial charge in [-0.1, -0.05) is 26.0 Å². The Morgan fingerprint density at radius 1 is 1.32 bits per heavy atom. The van der Waals surface area contributed by atoms with E-state index in [1.54, 1.807) is 16.7 Å². The number of amides is 2. The smallest absolute Gasteiger partial charge is 0.247 e. The molecule has 1 aliphatic heterocycles. The van der Waals surface area contributed by atoms with Crippen LogP contribution in [0.1, 0.15) is 13.8 Å². The van der Waals surface area contributed by atoms with Gasteiger partial charge in [0.15, 0.2) is 0 Å². The van der Waals surface area contributed by atoms with Crippen molar-refractivity contribution < 1.29 is 9.59 Å². The van der Waals surface area contributed by atoms with Gasteiger partial charge < -0.3 is 5.32 Å². The van der Waals surface area contributed by atoms with E-state index in [4.69, 9.17) is 0 Å². The molecule has 1 unspecified atom stereocenters. The molecular weight excluding hydrogens is 260 g/mol. The van der Waals surface area contributed by atoms with Crippen LogP contribution in [0.15, 0.2) is 29.2 Å². The number of nitrogens with zero attached hydrogens (tertiary/aromatic N) is 1. The first-order chi connectivity index (χ1) is 9.06. The number of benzene rings is 1. The molecule has 1 saturated heterocycles. The number of hydrogen-bond acceptors (Lipinski definition) is 3. The Morgan fingerprint density at radius 3 is 2.63 bits per heavy atom. The number of carbonyl (C=O) groups is 2. The quantitative estimate of drug-likeness (QED) is 0.859. The predicted molar refractivity (Wildman–Crippen MR) is 77.3 cm³/mol. The Kier molecular flexibility index (Phi) is 4.14. The van der Waals surface area contributed by atoms with Gasteiger partial charge in [0.1, 0.15) is 6.04 Å². The molecule has 0 saturated carbocycles. The summed E-state index contributed by atoms with van der Waals surface area (Å²) in [6.45, 7) is 3.99. The second kappa shape index (κ2) is 5.65. The fraction of sp³-hybridized carbons (Fsp3) is 0.429. The second-order valence-electron chi connectivity index (χ2n) is 4.84. The number of piperazine rings is 1. The van der Waals surface area contributed by atoms with E-state index in [0.29, 0.717) is 0 Å². The fourth-order valence-corrected chi connectivity index (χ4v) is 2.93. The molecule has 1 atom stereocenters. The van der Waals surface area contributed by atoms with E-state index in [2.05, 4.69) is 5.32 Å². The van der Waals surface area contributed by atoms with Crippen molar-refractivity contribution in [1.29, 1.82) is 0 Å². The minimum Gasteiger partial charge on any atom is -0.345 e. The summed E-state index contributed by atoms with van der Waals surface area (Å²) in [6.07, 6.45) is 1.97. The largest absolute Gasteiger partial charge is 0.345 e. The number of hydrogen-bond donors (Lipinski definition) is 1. The van der Waals surface area contributed by atoms with Crippen LogP contribution < -0.4 is 10.2 Å². The van der Waals surface area contributed by atoms with Gasteiger partial charge in [0.05, 0.1) is 12.2 Å². The van der Waals surface area contributed by atoms with Gasteiger partial charge in [0, 0.05) is 4.90 Å². The molecule has 4 nitrogen and oxygen atoms in total. The van der Waals surface area contributed by atoms with Crippen molar-refractivity contribution in [3.8, 4) is 0 Å². The lowest BCUT2D eigenvalue weighted by Crippen LogP contribution is -2.60. The Balaban J connectivity index is 2.48. The molecule has 1 aliphatic rings. The van der Waals surface area contributed by atoms with Gasteiger partial charge in [-0.2, -0.15) is 0 Å². The highest BCUT2D eigenvalue weighted by atomic mass is 32.2. The van der Waals surface area contributed by atoms with Gasteiger partial charge in [0.25, 0.3) is 0 Å². The van der Waals surface area contributed by atoms with Crippen molar-refractivity contribution in [3.63, 3.8) is 0 Å². The maximum Gasteiger partial charge on any atom is 0.247 e. The van der Waals surface area contributed by atoms with Crippen molar-refractivity contribution in [2.45, 2.75) is 24.8 Å². The lowest BCUT2D eigenvalue weighted by atomic mass is 9.98. The van der Waals surface area contributed by atoms with E-state index in [0.717, 1.165) is 10.6 Å². The molecule has 19 heavy (non-hydrogen) atoms. The van der Waals surface area contributed by atoms with Crippen LogP contribution >= 0.6 is 11.8 Å². The van der Waals surface area contributed by atoms with Crippen LogP contribution in [0, 0.1) is 5.92 Å². The van der Waals surface area contributed by atoms with E-state index in [9.17, 15) is 9.59 Å². The summed E-state index contributed by atoms with van der Waals surface area (Å²) < 4.78 is 0. The Morgan fingerprint density at radius 2 is 2.00 bits per heavy atom. The number of carbonyl (C=O) groups excluding carboxylic acids is 2. The van der Waals surface area contributed by atoms with Gasteiger partial charge in [-0.15, -0.1) is 11.8 Å². The number of rotatable bonds is 3. The molecule has 102 valence electrons. The van der Waals surface area contributed by atoms with Crippen molar-refractivity contribution >= 4 is 29.3 Å². The van der Waals surface area contributed by atoms with Crippen molar-refractivity contribution in [2.75, 3.05) is 17.7 Å². The molecule has 2 rings (SSSR count). The molecule has 1 aromatic rings. The lowest BCUT2D eigenvalue weighted by molar-refractivity contribution is -0.131. The van der Waals surface area contributed by atoms with Gasteiger partial charge in [-0.25, -0.2) is 0 Å². The summed E-state index contributed by atoms with van der Waals surface area (Å²) >= 11 is 1.58. The van der Waals surface area contributed by atoms with E-state index in [-0.39, 0.29) is 24.3 Å². The molecule has 0 aliphatic carbocycles. The maximum absolute atomic E-state index is 12.2. The van der Waals surface area contributed by atoms with Gasteiger partial charge in [0.2, 0.25) is 11.8 Å². The first kappa shape index (κ1) is 13.9. The molecule has 1 fully saturated rings. The van der Waals surface area contributed by atoms with Crippen molar-refractivity contribution in [2.24, 2.45) is 5.92 Å². The highest BCUT2D eigenvalue weighted by molar-refractivity contribution is 7.98. The minimum absolute atomic E-state index is 0.0557. The normalized spacial score (nSPS) is 19.8. The molecule has 5 heteroatoms. The van der Waals surface area contributed by atoms with Crippen molar-refractivity contribution in [1.82, 2.24) is 5.32 Å². The van der Waals surface area contributed by atoms with Gasteiger partial charge in [-0.3, -0.25) is 14.5 Å². The van der Waals surface area contributed by atoms with Crippen LogP contribution in [-0.4, -0.2) is 30.7 Å². The molecule has 0 spiro atoms. The summed E-state index contributed by atoms with van der Waals surface area (Å²) in [5.74, 6) is -0.0653. The number of para-hydroxylation sites is 1. The van der Waals surface area contributed by atoms with Gasteiger partial charge in [-0.05, 0) is 24.3 Å². The summed E-state index contributed by atoms with van der Waals surface area (Å²) in [5, 5.41) is 2.66. The van der Waals surface area contributed by atoms with E-state index < -0.39 is 6.04 Å². The summed E-state index contributed by atoms with van der Waals surface area (Å²) in [5.41, 5.74) is 0.827. The summed E-state index contributed by atoms with van der Waals surface area (Å²) in [4.78, 5) is 26.9. The van der Waals surface area contributed by atoms with Crippen LogP contribution in [-0.2, 0) is 9.59 Å². The highest BCUT2D eigenvalue weighted by Crippen LogP contribution is 2.32. The molecule has 1 aromatic carbocycles. The van der Waals surface area contributed by atoms with Crippen molar-refractivity contribution in [3.05, 3.63) is 24.3 Å². The molecule has 0 bridgehead atoms. The van der Waals surface area contributed by atoms with Gasteiger partial charge >= 0.3 is 0 Å². The average Bonchev–Trinajstić information content (AvgIpc) is 2.40. The molecule has 1 heterocycles. The zero-order chi connectivity index (χ0) is 14.0. The molecule has 0 radical (unpaired) electrons. The topological polar surface area (TPSA) is 49.4 Å². The van der Waals surface area contributed by atoms with E-state index >= 15 is 0 Å². The zero-order valence-electron chi connectivity index (χ0n) is 11.3. The fourth-order valence-electron chi connectivity index (χ4n) is 2.34. The van der Waals surface area contributed by atoms with Crippen LogP contribution in [0.3, 0.4) is 0 Å². The number of anilines is 1. The van der Waals surface area contributed by atoms with Crippen LogP contribution in [0.25, 0.3) is 0 Å². The van der Waals surface area contributed by atoms with E-state index in [1.165, 1.54) is 0 Å².